The maximum absolute atomic E-state index is 11.3. The van der Waals surface area contributed by atoms with E-state index in [9.17, 15) is 10.1 Å². The molecule has 1 amide bonds. The summed E-state index contributed by atoms with van der Waals surface area (Å²) in [6, 6.07) is 26.5. The van der Waals surface area contributed by atoms with Crippen molar-refractivity contribution in [3.8, 4) is 28.7 Å². The van der Waals surface area contributed by atoms with E-state index in [1.165, 1.54) is 73.8 Å². The first-order valence-electron chi connectivity index (χ1n) is 18.1. The number of nitrogens with one attached hydrogen (secondary N) is 2. The molecule has 2 N–H and O–H groups in total. The predicted octanol–water partition coefficient (Wildman–Crippen LogP) is 7.42. The van der Waals surface area contributed by atoms with Crippen LogP contribution in [0.1, 0.15) is 59.6 Å². The molecule has 0 radical (unpaired) electrons. The Labute approximate surface area is 307 Å². The van der Waals surface area contributed by atoms with E-state index in [4.69, 9.17) is 21.1 Å². The lowest BCUT2D eigenvalue weighted by molar-refractivity contribution is -0.118. The van der Waals surface area contributed by atoms with Crippen LogP contribution in [-0.2, 0) is 31.0 Å². The maximum Gasteiger partial charge on any atom is 0.216 e. The van der Waals surface area contributed by atoms with E-state index in [2.05, 4.69) is 69.8 Å². The Morgan fingerprint density at radius 3 is 2.49 bits per heavy atom. The van der Waals surface area contributed by atoms with Crippen LogP contribution in [-0.4, -0.2) is 56.6 Å². The van der Waals surface area contributed by atoms with Gasteiger partial charge in [-0.3, -0.25) is 4.79 Å². The number of halogens is 1. The normalized spacial score (nSPS) is 14.0. The molecule has 0 unspecified atom stereocenters. The molecule has 0 spiro atoms. The van der Waals surface area contributed by atoms with Gasteiger partial charge < -0.3 is 29.9 Å². The number of amides is 1. The van der Waals surface area contributed by atoms with E-state index < -0.39 is 0 Å². The molecule has 4 aromatic carbocycles. The Kier molecular flexibility index (Phi) is 12.5. The van der Waals surface area contributed by atoms with Gasteiger partial charge in [0.05, 0.1) is 16.7 Å². The molecule has 4 aromatic rings. The second-order valence-corrected chi connectivity index (χ2v) is 13.9. The van der Waals surface area contributed by atoms with Gasteiger partial charge in [-0.15, -0.1) is 0 Å². The topological polar surface area (TPSA) is 89.9 Å². The highest BCUT2D eigenvalue weighted by Gasteiger charge is 2.23. The van der Waals surface area contributed by atoms with Crippen molar-refractivity contribution >= 4 is 23.2 Å². The Hall–Kier alpha value is -4.55. The number of anilines is 1. The average Bonchev–Trinajstić information content (AvgIpc) is 3.81. The number of hydrogen-bond donors (Lipinski definition) is 2. The molecule has 0 bridgehead atoms. The quantitative estimate of drug-likeness (QED) is 0.117. The number of ether oxygens (including phenoxy) is 2. The number of carbonyl (C=O) groups is 1. The summed E-state index contributed by atoms with van der Waals surface area (Å²) in [6.45, 7) is 11.8. The van der Waals surface area contributed by atoms with Crippen LogP contribution in [0.2, 0.25) is 5.02 Å². The number of nitrogens with zero attached hydrogens (tertiary/aromatic N) is 3. The van der Waals surface area contributed by atoms with Crippen molar-refractivity contribution in [1.29, 1.82) is 5.26 Å². The summed E-state index contributed by atoms with van der Waals surface area (Å²) in [5.74, 6) is 1.11. The van der Waals surface area contributed by atoms with Crippen molar-refractivity contribution in [2.75, 3.05) is 50.7 Å². The highest BCUT2D eigenvalue weighted by Crippen LogP contribution is 2.39. The molecule has 0 atom stereocenters. The number of hydrogen-bond acceptors (Lipinski definition) is 7. The molecule has 6 rings (SSSR count). The van der Waals surface area contributed by atoms with Crippen molar-refractivity contribution < 1.29 is 14.3 Å². The van der Waals surface area contributed by atoms with Crippen molar-refractivity contribution in [1.82, 2.24) is 15.5 Å². The fraction of sp³-hybridized carbons (Fsp3) is 0.381. The number of nitriles is 1. The predicted molar refractivity (Wildman–Crippen MR) is 204 cm³/mol. The molecule has 8 nitrogen and oxygen atoms in total. The highest BCUT2D eigenvalue weighted by atomic mass is 35.5. The first-order chi connectivity index (χ1) is 24.9. The molecule has 1 saturated heterocycles. The van der Waals surface area contributed by atoms with Crippen LogP contribution >= 0.6 is 11.6 Å². The number of fused-ring (bicyclic) bond motifs is 1. The van der Waals surface area contributed by atoms with Crippen molar-refractivity contribution in [2.45, 2.75) is 59.3 Å². The summed E-state index contributed by atoms with van der Waals surface area (Å²) in [6.07, 6.45) is 4.95. The Bertz CT molecular complexity index is 1870. The van der Waals surface area contributed by atoms with Crippen LogP contribution < -0.4 is 25.0 Å². The molecule has 0 aliphatic carbocycles. The zero-order valence-corrected chi connectivity index (χ0v) is 30.5. The Morgan fingerprint density at radius 1 is 0.882 bits per heavy atom. The van der Waals surface area contributed by atoms with E-state index in [0.29, 0.717) is 48.3 Å². The summed E-state index contributed by atoms with van der Waals surface area (Å²) in [5.41, 5.74) is 9.99. The van der Waals surface area contributed by atoms with E-state index in [0.717, 1.165) is 36.2 Å². The molecule has 2 aliphatic rings. The van der Waals surface area contributed by atoms with Crippen LogP contribution in [0.15, 0.2) is 72.8 Å². The van der Waals surface area contributed by atoms with Gasteiger partial charge in [-0.1, -0.05) is 54.1 Å². The smallest absolute Gasteiger partial charge is 0.216 e. The van der Waals surface area contributed by atoms with Crippen molar-refractivity contribution in [3.05, 3.63) is 111 Å². The van der Waals surface area contributed by atoms with Gasteiger partial charge in [0.1, 0.15) is 24.7 Å². The lowest BCUT2D eigenvalue weighted by Gasteiger charge is -2.22. The second-order valence-electron chi connectivity index (χ2n) is 13.5. The zero-order chi connectivity index (χ0) is 35.6. The minimum atomic E-state index is -0.0660. The molecule has 2 heterocycles. The third-order valence-corrected chi connectivity index (χ3v) is 10.2. The van der Waals surface area contributed by atoms with Crippen molar-refractivity contribution in [2.24, 2.45) is 0 Å². The standard InChI is InChI=1S/C42H48ClN5O3/c1-30-34(11-6-12-36(30)37-13-7-14-40-38(37)15-22-48(40)21-8-20-47-18-3-4-19-47)29-51-42-25-41(50-28-33-10-5-9-32(23-33)26-44)35(24-39(42)43)27-45-16-17-46-31(2)49/h5-7,9-14,23-25,45H,3-4,8,15-22,27-29H2,1-2H3,(H,46,49). The van der Waals surface area contributed by atoms with Gasteiger partial charge in [-0.05, 0) is 110 Å². The first-order valence-corrected chi connectivity index (χ1v) is 18.5. The van der Waals surface area contributed by atoms with Gasteiger partial charge in [0.15, 0.2) is 0 Å². The summed E-state index contributed by atoms with van der Waals surface area (Å²) < 4.78 is 12.7. The van der Waals surface area contributed by atoms with Crippen LogP contribution in [0, 0.1) is 18.3 Å². The van der Waals surface area contributed by atoms with Gasteiger partial charge in [0.25, 0.3) is 0 Å². The average molecular weight is 706 g/mol. The summed E-state index contributed by atoms with van der Waals surface area (Å²) >= 11 is 6.81. The van der Waals surface area contributed by atoms with E-state index in [1.54, 1.807) is 6.07 Å². The third-order valence-electron chi connectivity index (χ3n) is 9.90. The van der Waals surface area contributed by atoms with Gasteiger partial charge in [-0.25, -0.2) is 0 Å². The molecular formula is C42H48ClN5O3. The number of carbonyl (C=O) groups excluding carboxylic acids is 1. The molecular weight excluding hydrogens is 658 g/mol. The fourth-order valence-electron chi connectivity index (χ4n) is 7.16. The number of rotatable bonds is 16. The number of likely N-dealkylation sites (tertiary alicyclic amines) is 1. The van der Waals surface area contributed by atoms with Gasteiger partial charge in [0.2, 0.25) is 5.91 Å². The lowest BCUT2D eigenvalue weighted by Crippen LogP contribution is -2.30. The minimum absolute atomic E-state index is 0.0660. The van der Waals surface area contributed by atoms with Gasteiger partial charge >= 0.3 is 0 Å². The van der Waals surface area contributed by atoms with Gasteiger partial charge in [-0.2, -0.15) is 5.26 Å². The monoisotopic (exact) mass is 705 g/mol. The molecule has 2 aliphatic heterocycles. The molecule has 9 heteroatoms. The minimum Gasteiger partial charge on any atom is -0.488 e. The first kappa shape index (κ1) is 36.2. The van der Waals surface area contributed by atoms with Crippen LogP contribution in [0.3, 0.4) is 0 Å². The molecule has 1 fully saturated rings. The highest BCUT2D eigenvalue weighted by molar-refractivity contribution is 6.32. The van der Waals surface area contributed by atoms with Crippen molar-refractivity contribution in [3.63, 3.8) is 0 Å². The Morgan fingerprint density at radius 2 is 1.67 bits per heavy atom. The summed E-state index contributed by atoms with van der Waals surface area (Å²) in [5, 5.41) is 16.0. The molecule has 0 aromatic heterocycles. The maximum atomic E-state index is 11.3. The van der Waals surface area contributed by atoms with Crippen LogP contribution in [0.5, 0.6) is 11.5 Å². The third kappa shape index (κ3) is 9.42. The zero-order valence-electron chi connectivity index (χ0n) is 29.8. The molecule has 51 heavy (non-hydrogen) atoms. The van der Waals surface area contributed by atoms with Crippen LogP contribution in [0.25, 0.3) is 11.1 Å². The molecule has 266 valence electrons. The SMILES string of the molecule is CC(=O)NCCNCc1cc(Cl)c(OCc2cccc(-c3cccc4c3CCN4CCCN3CCCC3)c2C)cc1OCc1cccc(C#N)c1. The summed E-state index contributed by atoms with van der Waals surface area (Å²) in [7, 11) is 0. The van der Waals surface area contributed by atoms with E-state index in [-0.39, 0.29) is 12.5 Å². The fourth-order valence-corrected chi connectivity index (χ4v) is 7.41. The van der Waals surface area contributed by atoms with E-state index in [1.807, 2.05) is 30.3 Å². The Balaban J connectivity index is 1.16. The summed E-state index contributed by atoms with van der Waals surface area (Å²) in [4.78, 5) is 16.4. The largest absolute Gasteiger partial charge is 0.488 e. The number of benzene rings is 4. The lowest BCUT2D eigenvalue weighted by atomic mass is 9.92. The van der Waals surface area contributed by atoms with Gasteiger partial charge in [0, 0.05) is 57.0 Å². The molecule has 0 saturated carbocycles. The van der Waals surface area contributed by atoms with Crippen LogP contribution in [0.4, 0.5) is 5.69 Å². The van der Waals surface area contributed by atoms with E-state index >= 15 is 0 Å². The second kappa shape index (κ2) is 17.6.